The van der Waals surface area contributed by atoms with Crippen LogP contribution in [0.25, 0.3) is 0 Å². The topological polar surface area (TPSA) is 17.1 Å². The van der Waals surface area contributed by atoms with E-state index in [4.69, 9.17) is 0 Å². The van der Waals surface area contributed by atoms with E-state index in [2.05, 4.69) is 36.5 Å². The van der Waals surface area contributed by atoms with Gasteiger partial charge in [-0.3, -0.25) is 4.79 Å². The van der Waals surface area contributed by atoms with E-state index in [1.807, 2.05) is 5.57 Å². The minimum absolute atomic E-state index is 0.0510. The summed E-state index contributed by atoms with van der Waals surface area (Å²) in [5.74, 6) is 6.58. The van der Waals surface area contributed by atoms with E-state index in [-0.39, 0.29) is 5.41 Å². The van der Waals surface area contributed by atoms with Gasteiger partial charge in [-0.05, 0) is 68.6 Å². The van der Waals surface area contributed by atoms with Crippen LogP contribution in [0.4, 0.5) is 0 Å². The number of ketones is 1. The van der Waals surface area contributed by atoms with Crippen molar-refractivity contribution in [2.24, 2.45) is 29.1 Å². The van der Waals surface area contributed by atoms with E-state index < -0.39 is 0 Å². The Labute approximate surface area is 148 Å². The fourth-order valence-corrected chi connectivity index (χ4v) is 9.97. The van der Waals surface area contributed by atoms with Crippen molar-refractivity contribution in [2.75, 3.05) is 11.5 Å². The number of carbonyl (C=O) groups is 1. The maximum atomic E-state index is 12.4. The van der Waals surface area contributed by atoms with Crippen LogP contribution in [0, 0.1) is 29.1 Å². The Morgan fingerprint density at radius 2 is 1.83 bits per heavy atom. The lowest BCUT2D eigenvalue weighted by molar-refractivity contribution is -0.131. The van der Waals surface area contributed by atoms with Gasteiger partial charge < -0.3 is 0 Å². The van der Waals surface area contributed by atoms with Crippen LogP contribution in [0.3, 0.4) is 0 Å². The highest BCUT2D eigenvalue weighted by Gasteiger charge is 2.56. The normalized spacial score (nSPS) is 47.9. The van der Waals surface area contributed by atoms with Gasteiger partial charge in [0.05, 0.1) is 4.08 Å². The van der Waals surface area contributed by atoms with Crippen LogP contribution in [-0.4, -0.2) is 21.4 Å². The quantitative estimate of drug-likeness (QED) is 0.553. The minimum Gasteiger partial charge on any atom is -0.299 e. The van der Waals surface area contributed by atoms with Gasteiger partial charge in [-0.25, -0.2) is 0 Å². The first-order chi connectivity index (χ1) is 11.1. The molecule has 0 aromatic carbocycles. The Morgan fingerprint density at radius 3 is 2.65 bits per heavy atom. The second-order valence-electron chi connectivity index (χ2n) is 8.76. The van der Waals surface area contributed by atoms with Gasteiger partial charge in [0.2, 0.25) is 0 Å². The molecule has 5 rings (SSSR count). The maximum Gasteiger partial charge on any atom is 0.139 e. The average molecular weight is 349 g/mol. The second kappa shape index (κ2) is 5.30. The van der Waals surface area contributed by atoms with Crippen LogP contribution in [0.2, 0.25) is 0 Å². The first kappa shape index (κ1) is 15.4. The number of hydrogen-bond donors (Lipinski definition) is 0. The van der Waals surface area contributed by atoms with Crippen LogP contribution < -0.4 is 0 Å². The molecule has 0 N–H and O–H groups in total. The molecule has 1 spiro atoms. The van der Waals surface area contributed by atoms with Gasteiger partial charge in [0.25, 0.3) is 0 Å². The Hall–Kier alpha value is 0.110. The Bertz CT molecular complexity index is 562. The lowest BCUT2D eigenvalue weighted by Gasteiger charge is -2.53. The predicted octanol–water partition coefficient (Wildman–Crippen LogP) is 5.30. The second-order valence-corrected chi connectivity index (χ2v) is 11.9. The van der Waals surface area contributed by atoms with Gasteiger partial charge in [0.1, 0.15) is 5.78 Å². The van der Waals surface area contributed by atoms with E-state index in [9.17, 15) is 4.79 Å². The number of fused-ring (bicyclic) bond motifs is 5. The zero-order chi connectivity index (χ0) is 15.7. The summed E-state index contributed by atoms with van der Waals surface area (Å²) in [5.41, 5.74) is 1.86. The lowest BCUT2D eigenvalue weighted by Crippen LogP contribution is -2.47. The first-order valence-corrected chi connectivity index (χ1v) is 11.6. The van der Waals surface area contributed by atoms with E-state index in [1.165, 1.54) is 56.5 Å². The summed E-state index contributed by atoms with van der Waals surface area (Å²) in [6.45, 7) is 2.30. The first-order valence-electron chi connectivity index (χ1n) is 9.64. The molecule has 4 fully saturated rings. The van der Waals surface area contributed by atoms with Crippen LogP contribution >= 0.6 is 23.5 Å². The summed E-state index contributed by atoms with van der Waals surface area (Å²) < 4.78 is 0.450. The zero-order valence-electron chi connectivity index (χ0n) is 14.2. The van der Waals surface area contributed by atoms with E-state index in [1.54, 1.807) is 0 Å². The van der Waals surface area contributed by atoms with Gasteiger partial charge in [-0.2, -0.15) is 0 Å². The van der Waals surface area contributed by atoms with Crippen molar-refractivity contribution < 1.29 is 4.79 Å². The monoisotopic (exact) mass is 348 g/mol. The van der Waals surface area contributed by atoms with Crippen LogP contribution in [0.15, 0.2) is 11.6 Å². The third-order valence-electron chi connectivity index (χ3n) is 7.95. The fourth-order valence-electron chi connectivity index (χ4n) is 6.78. The van der Waals surface area contributed by atoms with E-state index >= 15 is 0 Å². The fraction of sp³-hybridized carbons (Fsp3) is 0.850. The molecule has 3 heteroatoms. The molecule has 0 radical (unpaired) electrons. The largest absolute Gasteiger partial charge is 0.299 e. The van der Waals surface area contributed by atoms with Gasteiger partial charge in [0.15, 0.2) is 0 Å². The molecule has 1 saturated heterocycles. The molecule has 0 bridgehead atoms. The average Bonchev–Trinajstić information content (AvgIpc) is 3.12. The molecule has 4 aliphatic carbocycles. The van der Waals surface area contributed by atoms with Crippen molar-refractivity contribution in [3.05, 3.63) is 11.6 Å². The smallest absolute Gasteiger partial charge is 0.139 e. The third-order valence-corrected chi connectivity index (χ3v) is 11.3. The van der Waals surface area contributed by atoms with Crippen LogP contribution in [0.5, 0.6) is 0 Å². The van der Waals surface area contributed by atoms with Crippen molar-refractivity contribution in [1.29, 1.82) is 0 Å². The van der Waals surface area contributed by atoms with Crippen LogP contribution in [0.1, 0.15) is 58.3 Å². The number of Topliss-reactive ketones (excluding diaryl/α,β-unsaturated/α-hetero) is 1. The molecule has 5 aliphatic rings. The molecule has 1 nitrogen and oxygen atoms in total. The Balaban J connectivity index is 1.43. The minimum atomic E-state index is 0.0510. The summed E-state index contributed by atoms with van der Waals surface area (Å²) in [5, 5.41) is 0. The van der Waals surface area contributed by atoms with Crippen molar-refractivity contribution in [3.8, 4) is 0 Å². The summed E-state index contributed by atoms with van der Waals surface area (Å²) in [4.78, 5) is 12.4. The molecule has 0 aromatic heterocycles. The number of allylic oxidation sites excluding steroid dienone is 1. The Morgan fingerprint density at radius 1 is 1.00 bits per heavy atom. The molecule has 0 amide bonds. The van der Waals surface area contributed by atoms with Gasteiger partial charge >= 0.3 is 0 Å². The van der Waals surface area contributed by atoms with Gasteiger partial charge in [-0.15, -0.1) is 23.5 Å². The molecular formula is C20H28OS2. The summed E-state index contributed by atoms with van der Waals surface area (Å²) in [6, 6.07) is 0. The van der Waals surface area contributed by atoms with Crippen LogP contribution in [-0.2, 0) is 4.79 Å². The SMILES string of the molecule is C[C@]12CC[C@H]3[C@@H](CCC4=CC5(CC[C@@H]43)SCCS5)[C@@H]1CCC2=O. The standard InChI is InChI=1S/C20H28OS2/c1-19-8-6-15-14-7-9-20(22-10-11-23-20)12-13(14)2-3-16(15)17(19)4-5-18(19)21/h12,14-17H,2-11H2,1H3/t14-,15+,16+,17-,19-/m0/s1. The molecule has 23 heavy (non-hydrogen) atoms. The molecule has 1 heterocycles. The molecular weight excluding hydrogens is 320 g/mol. The predicted molar refractivity (Wildman–Crippen MR) is 99.7 cm³/mol. The third kappa shape index (κ3) is 2.18. The number of hydrogen-bond acceptors (Lipinski definition) is 3. The molecule has 126 valence electrons. The highest BCUT2D eigenvalue weighted by molar-refractivity contribution is 8.21. The molecule has 5 atom stereocenters. The van der Waals surface area contributed by atoms with Gasteiger partial charge in [-0.1, -0.05) is 18.6 Å². The number of carbonyl (C=O) groups excluding carboxylic acids is 1. The van der Waals surface area contributed by atoms with Crippen molar-refractivity contribution in [1.82, 2.24) is 0 Å². The summed E-state index contributed by atoms with van der Waals surface area (Å²) in [6.07, 6.45) is 12.8. The van der Waals surface area contributed by atoms with Crippen molar-refractivity contribution >= 4 is 29.3 Å². The molecule has 0 aromatic rings. The van der Waals surface area contributed by atoms with Crippen molar-refractivity contribution in [2.45, 2.75) is 62.4 Å². The molecule has 1 aliphatic heterocycles. The highest BCUT2D eigenvalue weighted by atomic mass is 32.2. The molecule has 3 saturated carbocycles. The Kier molecular flexibility index (Phi) is 3.54. The number of rotatable bonds is 0. The summed E-state index contributed by atoms with van der Waals surface area (Å²) >= 11 is 4.42. The zero-order valence-corrected chi connectivity index (χ0v) is 15.8. The van der Waals surface area contributed by atoms with E-state index in [0.29, 0.717) is 15.8 Å². The maximum absolute atomic E-state index is 12.4. The van der Waals surface area contributed by atoms with E-state index in [0.717, 1.165) is 24.2 Å². The van der Waals surface area contributed by atoms with Crippen molar-refractivity contribution in [3.63, 3.8) is 0 Å². The molecule has 0 unspecified atom stereocenters. The van der Waals surface area contributed by atoms with Gasteiger partial charge in [0, 0.05) is 23.3 Å². The number of thioether (sulfide) groups is 2. The summed E-state index contributed by atoms with van der Waals surface area (Å²) in [7, 11) is 0. The lowest BCUT2D eigenvalue weighted by atomic mass is 9.52. The highest BCUT2D eigenvalue weighted by Crippen LogP contribution is 2.63.